The van der Waals surface area contributed by atoms with Crippen molar-refractivity contribution in [3.05, 3.63) is 12.3 Å². The van der Waals surface area contributed by atoms with Crippen LogP contribution in [0.2, 0.25) is 0 Å². The van der Waals surface area contributed by atoms with E-state index in [-0.39, 0.29) is 5.41 Å². The van der Waals surface area contributed by atoms with E-state index in [0.717, 1.165) is 5.89 Å². The zero-order chi connectivity index (χ0) is 8.48. The first kappa shape index (κ1) is 8.24. The molecule has 62 valence electrons. The molecule has 0 saturated heterocycles. The van der Waals surface area contributed by atoms with Crippen LogP contribution in [0, 0.1) is 5.41 Å². The number of rotatable bonds is 1. The van der Waals surface area contributed by atoms with Crippen LogP contribution < -0.4 is 0 Å². The van der Waals surface area contributed by atoms with Crippen LogP contribution in [0.5, 0.6) is 0 Å². The van der Waals surface area contributed by atoms with Crippen molar-refractivity contribution in [1.29, 1.82) is 0 Å². The van der Waals surface area contributed by atoms with Gasteiger partial charge in [0.15, 0.2) is 0 Å². The molecular weight excluding hydrogens is 140 g/mol. The smallest absolute Gasteiger partial charge is 0.219 e. The van der Waals surface area contributed by atoms with Gasteiger partial charge in [-0.2, -0.15) is 0 Å². The third-order valence-corrected chi connectivity index (χ3v) is 2.05. The molecule has 0 N–H and O–H groups in total. The van der Waals surface area contributed by atoms with Gasteiger partial charge in [0.2, 0.25) is 12.3 Å². The molecule has 0 aromatic carbocycles. The average molecular weight is 154 g/mol. The van der Waals surface area contributed by atoms with Gasteiger partial charge in [-0.15, -0.1) is 10.2 Å². The van der Waals surface area contributed by atoms with E-state index in [4.69, 9.17) is 4.42 Å². The molecule has 0 bridgehead atoms. The minimum absolute atomic E-state index is 0.187. The van der Waals surface area contributed by atoms with Crippen molar-refractivity contribution < 1.29 is 4.42 Å². The number of hydrogen-bond donors (Lipinski definition) is 0. The summed E-state index contributed by atoms with van der Waals surface area (Å²) >= 11 is 0. The van der Waals surface area contributed by atoms with E-state index >= 15 is 0 Å². The van der Waals surface area contributed by atoms with Gasteiger partial charge in [-0.05, 0) is 5.41 Å². The molecule has 0 amide bonds. The fourth-order valence-electron chi connectivity index (χ4n) is 0.741. The van der Waals surface area contributed by atoms with E-state index in [9.17, 15) is 0 Å². The molecule has 0 aliphatic heterocycles. The zero-order valence-corrected chi connectivity index (χ0v) is 7.46. The molecule has 1 heterocycles. The molecule has 3 heteroatoms. The molecule has 11 heavy (non-hydrogen) atoms. The van der Waals surface area contributed by atoms with E-state index < -0.39 is 0 Å². The lowest BCUT2D eigenvalue weighted by atomic mass is 9.82. The Kier molecular flexibility index (Phi) is 1.98. The molecule has 1 rings (SSSR count). The van der Waals surface area contributed by atoms with Crippen LogP contribution in [0.1, 0.15) is 39.5 Å². The average Bonchev–Trinajstić information content (AvgIpc) is 2.34. The van der Waals surface area contributed by atoms with E-state index in [0.29, 0.717) is 5.92 Å². The molecular formula is C8H14N2O. The first-order chi connectivity index (χ1) is 5.02. The van der Waals surface area contributed by atoms with E-state index in [1.807, 2.05) is 0 Å². The van der Waals surface area contributed by atoms with Crippen LogP contribution in [-0.2, 0) is 0 Å². The van der Waals surface area contributed by atoms with E-state index in [1.165, 1.54) is 6.39 Å². The molecule has 0 spiro atoms. The number of aromatic nitrogens is 2. The summed E-state index contributed by atoms with van der Waals surface area (Å²) in [6, 6.07) is 0. The Morgan fingerprint density at radius 3 is 2.45 bits per heavy atom. The van der Waals surface area contributed by atoms with Crippen molar-refractivity contribution >= 4 is 0 Å². The standard InChI is InChI=1S/C8H14N2O/c1-6(8(2,3)4)7-10-9-5-11-7/h5-6H,1-4H3/t6-/m0/s1. The predicted molar refractivity (Wildman–Crippen MR) is 42.2 cm³/mol. The van der Waals surface area contributed by atoms with Crippen molar-refractivity contribution in [2.75, 3.05) is 0 Å². The lowest BCUT2D eigenvalue weighted by Gasteiger charge is -2.23. The predicted octanol–water partition coefficient (Wildman–Crippen LogP) is 2.22. The van der Waals surface area contributed by atoms with Gasteiger partial charge in [0.25, 0.3) is 0 Å². The third kappa shape index (κ3) is 1.79. The van der Waals surface area contributed by atoms with Gasteiger partial charge in [-0.1, -0.05) is 27.7 Å². The van der Waals surface area contributed by atoms with Gasteiger partial charge in [-0.3, -0.25) is 0 Å². The minimum atomic E-state index is 0.187. The van der Waals surface area contributed by atoms with Gasteiger partial charge >= 0.3 is 0 Å². The molecule has 0 aliphatic rings. The highest BCUT2D eigenvalue weighted by atomic mass is 16.4. The molecule has 0 radical (unpaired) electrons. The fraction of sp³-hybridized carbons (Fsp3) is 0.750. The van der Waals surface area contributed by atoms with Gasteiger partial charge in [0.05, 0.1) is 0 Å². The normalized spacial score (nSPS) is 14.9. The van der Waals surface area contributed by atoms with Crippen LogP contribution in [0.25, 0.3) is 0 Å². The fourth-order valence-corrected chi connectivity index (χ4v) is 0.741. The van der Waals surface area contributed by atoms with E-state index in [2.05, 4.69) is 37.9 Å². The Bertz CT molecular complexity index is 210. The van der Waals surface area contributed by atoms with Crippen LogP contribution in [0.4, 0.5) is 0 Å². The lowest BCUT2D eigenvalue weighted by Crippen LogP contribution is -2.15. The molecule has 1 atom stereocenters. The first-order valence-corrected chi connectivity index (χ1v) is 3.78. The quantitative estimate of drug-likeness (QED) is 0.622. The molecule has 0 aliphatic carbocycles. The SMILES string of the molecule is C[C@@H](c1nnco1)C(C)(C)C. The molecule has 0 saturated carbocycles. The molecule has 0 fully saturated rings. The maximum absolute atomic E-state index is 5.10. The Hall–Kier alpha value is -0.860. The third-order valence-electron chi connectivity index (χ3n) is 2.05. The number of hydrogen-bond acceptors (Lipinski definition) is 3. The summed E-state index contributed by atoms with van der Waals surface area (Å²) in [6.45, 7) is 8.55. The molecule has 0 unspecified atom stereocenters. The van der Waals surface area contributed by atoms with Gasteiger partial charge in [0.1, 0.15) is 0 Å². The topological polar surface area (TPSA) is 38.9 Å². The summed E-state index contributed by atoms with van der Waals surface area (Å²) in [4.78, 5) is 0. The van der Waals surface area contributed by atoms with Crippen LogP contribution in [0.15, 0.2) is 10.8 Å². The van der Waals surface area contributed by atoms with Crippen molar-refractivity contribution in [1.82, 2.24) is 10.2 Å². The summed E-state index contributed by atoms with van der Waals surface area (Å²) in [7, 11) is 0. The van der Waals surface area contributed by atoms with E-state index in [1.54, 1.807) is 0 Å². The second kappa shape index (κ2) is 2.64. The molecule has 1 aromatic rings. The highest BCUT2D eigenvalue weighted by Crippen LogP contribution is 2.32. The highest BCUT2D eigenvalue weighted by Gasteiger charge is 2.25. The maximum atomic E-state index is 5.10. The Morgan fingerprint density at radius 1 is 1.45 bits per heavy atom. The lowest BCUT2D eigenvalue weighted by molar-refractivity contribution is 0.288. The summed E-state index contributed by atoms with van der Waals surface area (Å²) in [6.07, 6.45) is 1.37. The minimum Gasteiger partial charge on any atom is -0.428 e. The maximum Gasteiger partial charge on any atom is 0.219 e. The molecule has 1 aromatic heterocycles. The number of nitrogens with zero attached hydrogens (tertiary/aromatic N) is 2. The van der Waals surface area contributed by atoms with Gasteiger partial charge in [0, 0.05) is 5.92 Å². The first-order valence-electron chi connectivity index (χ1n) is 3.78. The summed E-state index contributed by atoms with van der Waals surface area (Å²) < 4.78 is 5.10. The molecule has 3 nitrogen and oxygen atoms in total. The van der Waals surface area contributed by atoms with Crippen molar-refractivity contribution in [2.45, 2.75) is 33.6 Å². The van der Waals surface area contributed by atoms with Crippen molar-refractivity contribution in [2.24, 2.45) is 5.41 Å². The zero-order valence-electron chi connectivity index (χ0n) is 7.46. The van der Waals surface area contributed by atoms with Gasteiger partial charge in [-0.25, -0.2) is 0 Å². The summed E-state index contributed by atoms with van der Waals surface area (Å²) in [5.74, 6) is 1.03. The van der Waals surface area contributed by atoms with Crippen molar-refractivity contribution in [3.8, 4) is 0 Å². The summed E-state index contributed by atoms with van der Waals surface area (Å²) in [5.41, 5.74) is 0.187. The summed E-state index contributed by atoms with van der Waals surface area (Å²) in [5, 5.41) is 7.51. The largest absolute Gasteiger partial charge is 0.428 e. The highest BCUT2D eigenvalue weighted by molar-refractivity contribution is 4.92. The Labute approximate surface area is 66.8 Å². The Balaban J connectivity index is 2.78. The van der Waals surface area contributed by atoms with Gasteiger partial charge < -0.3 is 4.42 Å². The van der Waals surface area contributed by atoms with Crippen LogP contribution in [-0.4, -0.2) is 10.2 Å². The van der Waals surface area contributed by atoms with Crippen LogP contribution >= 0.6 is 0 Å². The van der Waals surface area contributed by atoms with Crippen LogP contribution in [0.3, 0.4) is 0 Å². The second-order valence-electron chi connectivity index (χ2n) is 3.86. The van der Waals surface area contributed by atoms with Crippen molar-refractivity contribution in [3.63, 3.8) is 0 Å². The Morgan fingerprint density at radius 2 is 2.09 bits per heavy atom. The second-order valence-corrected chi connectivity index (χ2v) is 3.86. The monoisotopic (exact) mass is 154 g/mol.